The molecule has 1 rings (SSSR count). The van der Waals surface area contributed by atoms with Crippen LogP contribution in [0.25, 0.3) is 0 Å². The van der Waals surface area contributed by atoms with Crippen molar-refractivity contribution in [2.75, 3.05) is 6.67 Å². The molecule has 0 radical (unpaired) electrons. The van der Waals surface area contributed by atoms with Gasteiger partial charge in [0.05, 0.1) is 17.1 Å². The van der Waals surface area contributed by atoms with Crippen molar-refractivity contribution in [1.82, 2.24) is 5.32 Å². The molecular weight excluding hydrogens is 120 g/mol. The van der Waals surface area contributed by atoms with E-state index in [0.29, 0.717) is 0 Å². The Hall–Kier alpha value is -0.0200. The third-order valence-corrected chi connectivity index (χ3v) is 2.01. The Bertz CT molecular complexity index is 109. The molecule has 0 saturated carbocycles. The van der Waals surface area contributed by atoms with E-state index in [1.807, 2.05) is 5.55 Å². The molecule has 0 saturated heterocycles. The lowest BCUT2D eigenvalue weighted by atomic mass is 10.4. The van der Waals surface area contributed by atoms with Crippen LogP contribution in [0.15, 0.2) is 4.99 Å². The van der Waals surface area contributed by atoms with Gasteiger partial charge in [-0.1, -0.05) is 11.8 Å². The summed E-state index contributed by atoms with van der Waals surface area (Å²) in [5, 5.41) is 3.22. The van der Waals surface area contributed by atoms with Crippen molar-refractivity contribution in [2.24, 2.45) is 4.99 Å². The molecule has 0 atom stereocenters. The number of rotatable bonds is 0. The van der Waals surface area contributed by atoms with Gasteiger partial charge >= 0.3 is 0 Å². The highest BCUT2D eigenvalue weighted by Gasteiger charge is 2.17. The first-order chi connectivity index (χ1) is 3.71. The summed E-state index contributed by atoms with van der Waals surface area (Å²) in [6, 6.07) is 0. The summed E-state index contributed by atoms with van der Waals surface area (Å²) < 4.78 is 0. The molecule has 46 valence electrons. The van der Waals surface area contributed by atoms with Gasteiger partial charge < -0.3 is 0 Å². The van der Waals surface area contributed by atoms with E-state index < -0.39 is 0 Å². The molecular formula is C5H10N2S. The molecule has 2 nitrogen and oxygen atoms in total. The summed E-state index contributed by atoms with van der Waals surface area (Å²) in [5.74, 6) is 0. The fourth-order valence-corrected chi connectivity index (χ4v) is 1.04. The van der Waals surface area contributed by atoms with Crippen molar-refractivity contribution in [1.29, 1.82) is 0 Å². The molecule has 0 aromatic carbocycles. The number of hydrogen-bond acceptors (Lipinski definition) is 3. The van der Waals surface area contributed by atoms with Crippen LogP contribution in [0.1, 0.15) is 13.8 Å². The van der Waals surface area contributed by atoms with Gasteiger partial charge in [-0.05, 0) is 13.8 Å². The predicted octanol–water partition coefficient (Wildman–Crippen LogP) is 1.04. The molecule has 0 unspecified atom stereocenters. The van der Waals surface area contributed by atoms with Crippen molar-refractivity contribution in [3.8, 4) is 0 Å². The highest BCUT2D eigenvalue weighted by Crippen LogP contribution is 2.20. The van der Waals surface area contributed by atoms with Crippen molar-refractivity contribution >= 4 is 17.3 Å². The minimum atomic E-state index is 0.196. The third kappa shape index (κ3) is 1.49. The van der Waals surface area contributed by atoms with Crippen LogP contribution in [0.5, 0.6) is 0 Å². The smallest absolute Gasteiger partial charge is 0.0901 e. The first kappa shape index (κ1) is 6.11. The highest BCUT2D eigenvalue weighted by molar-refractivity contribution is 8.13. The SMILES string of the molecule is CC1(C)NCN=CS1. The van der Waals surface area contributed by atoms with Gasteiger partial charge in [-0.2, -0.15) is 0 Å². The average molecular weight is 130 g/mol. The summed E-state index contributed by atoms with van der Waals surface area (Å²) in [6.45, 7) is 5.05. The van der Waals surface area contributed by atoms with E-state index in [2.05, 4.69) is 24.2 Å². The summed E-state index contributed by atoms with van der Waals surface area (Å²) in [5.41, 5.74) is 1.90. The second kappa shape index (κ2) is 2.07. The van der Waals surface area contributed by atoms with Crippen LogP contribution in [-0.2, 0) is 0 Å². The Kier molecular flexibility index (Phi) is 1.58. The van der Waals surface area contributed by atoms with Gasteiger partial charge in [-0.15, -0.1) is 0 Å². The Morgan fingerprint density at radius 1 is 1.75 bits per heavy atom. The molecule has 0 spiro atoms. The van der Waals surface area contributed by atoms with E-state index in [-0.39, 0.29) is 4.87 Å². The summed E-state index contributed by atoms with van der Waals surface area (Å²) >= 11 is 1.72. The highest BCUT2D eigenvalue weighted by atomic mass is 32.2. The lowest BCUT2D eigenvalue weighted by Crippen LogP contribution is -2.38. The Morgan fingerprint density at radius 2 is 2.50 bits per heavy atom. The molecule has 0 amide bonds. The topological polar surface area (TPSA) is 24.4 Å². The van der Waals surface area contributed by atoms with E-state index in [0.717, 1.165) is 6.67 Å². The van der Waals surface area contributed by atoms with Crippen LogP contribution >= 0.6 is 11.8 Å². The van der Waals surface area contributed by atoms with Gasteiger partial charge in [0.1, 0.15) is 0 Å². The number of nitrogens with one attached hydrogen (secondary N) is 1. The molecule has 0 fully saturated rings. The number of thioether (sulfide) groups is 1. The first-order valence-corrected chi connectivity index (χ1v) is 3.50. The Labute approximate surface area is 53.8 Å². The van der Waals surface area contributed by atoms with E-state index in [9.17, 15) is 0 Å². The molecule has 1 aliphatic heterocycles. The van der Waals surface area contributed by atoms with Crippen LogP contribution in [0.4, 0.5) is 0 Å². The minimum Gasteiger partial charge on any atom is -0.284 e. The van der Waals surface area contributed by atoms with Crippen molar-refractivity contribution in [3.05, 3.63) is 0 Å². The summed E-state index contributed by atoms with van der Waals surface area (Å²) in [4.78, 5) is 4.20. The van der Waals surface area contributed by atoms with Crippen LogP contribution in [0.2, 0.25) is 0 Å². The van der Waals surface area contributed by atoms with Gasteiger partial charge in [0.15, 0.2) is 0 Å². The second-order valence-electron chi connectivity index (χ2n) is 2.25. The number of hydrogen-bond donors (Lipinski definition) is 1. The van der Waals surface area contributed by atoms with Crippen molar-refractivity contribution in [2.45, 2.75) is 18.7 Å². The third-order valence-electron chi connectivity index (χ3n) is 1.02. The van der Waals surface area contributed by atoms with Crippen LogP contribution in [-0.4, -0.2) is 17.1 Å². The quantitative estimate of drug-likeness (QED) is 0.530. The van der Waals surface area contributed by atoms with Gasteiger partial charge in [0, 0.05) is 0 Å². The number of nitrogens with zero attached hydrogens (tertiary/aromatic N) is 1. The maximum absolute atomic E-state index is 4.00. The molecule has 0 aliphatic carbocycles. The maximum Gasteiger partial charge on any atom is 0.0901 e. The lowest BCUT2D eigenvalue weighted by molar-refractivity contribution is 0.553. The zero-order chi connectivity index (χ0) is 6.04. The summed E-state index contributed by atoms with van der Waals surface area (Å²) in [6.07, 6.45) is 0. The fraction of sp³-hybridized carbons (Fsp3) is 0.800. The van der Waals surface area contributed by atoms with Crippen molar-refractivity contribution < 1.29 is 0 Å². The van der Waals surface area contributed by atoms with E-state index >= 15 is 0 Å². The average Bonchev–Trinajstić information content (AvgIpc) is 1.65. The molecule has 3 heteroatoms. The number of aliphatic imine (C=N–C) groups is 1. The largest absolute Gasteiger partial charge is 0.284 e. The van der Waals surface area contributed by atoms with Crippen molar-refractivity contribution in [3.63, 3.8) is 0 Å². The summed E-state index contributed by atoms with van der Waals surface area (Å²) in [7, 11) is 0. The second-order valence-corrected chi connectivity index (χ2v) is 3.72. The van der Waals surface area contributed by atoms with Crippen LogP contribution in [0.3, 0.4) is 0 Å². The first-order valence-electron chi connectivity index (χ1n) is 2.62. The molecule has 0 aromatic heterocycles. The Balaban J connectivity index is 2.50. The zero-order valence-electron chi connectivity index (χ0n) is 5.14. The molecule has 1 heterocycles. The van der Waals surface area contributed by atoms with Crippen LogP contribution in [0, 0.1) is 0 Å². The van der Waals surface area contributed by atoms with E-state index in [1.54, 1.807) is 11.8 Å². The molecule has 1 N–H and O–H groups in total. The van der Waals surface area contributed by atoms with E-state index in [4.69, 9.17) is 0 Å². The lowest BCUT2D eigenvalue weighted by Gasteiger charge is -2.25. The van der Waals surface area contributed by atoms with Crippen LogP contribution < -0.4 is 5.32 Å². The maximum atomic E-state index is 4.00. The van der Waals surface area contributed by atoms with Gasteiger partial charge in [-0.3, -0.25) is 10.3 Å². The van der Waals surface area contributed by atoms with Gasteiger partial charge in [0.25, 0.3) is 0 Å². The standard InChI is InChI=1S/C5H10N2S/c1-5(2)7-3-6-4-8-5/h4,7H,3H2,1-2H3. The van der Waals surface area contributed by atoms with Gasteiger partial charge in [-0.25, -0.2) is 0 Å². The predicted molar refractivity (Wildman–Crippen MR) is 38.2 cm³/mol. The molecule has 1 aliphatic rings. The molecule has 8 heavy (non-hydrogen) atoms. The fourth-order valence-electron chi connectivity index (χ4n) is 0.484. The monoisotopic (exact) mass is 130 g/mol. The normalized spacial score (nSPS) is 25.8. The minimum absolute atomic E-state index is 0.196. The van der Waals surface area contributed by atoms with E-state index in [1.165, 1.54) is 0 Å². The van der Waals surface area contributed by atoms with Gasteiger partial charge in [0.2, 0.25) is 0 Å². The molecule has 0 aromatic rings. The zero-order valence-corrected chi connectivity index (χ0v) is 5.96. The Morgan fingerprint density at radius 3 is 2.75 bits per heavy atom. The molecule has 0 bridgehead atoms.